The van der Waals surface area contributed by atoms with Gasteiger partial charge in [0.25, 0.3) is 5.56 Å². The number of ether oxygens (including phenoxy) is 3. The van der Waals surface area contributed by atoms with Crippen molar-refractivity contribution in [2.45, 2.75) is 19.5 Å². The number of pyridine rings is 1. The van der Waals surface area contributed by atoms with Crippen molar-refractivity contribution in [3.63, 3.8) is 0 Å². The highest BCUT2D eigenvalue weighted by Crippen LogP contribution is 2.31. The van der Waals surface area contributed by atoms with Crippen molar-refractivity contribution in [1.82, 2.24) is 15.2 Å². The van der Waals surface area contributed by atoms with Crippen LogP contribution in [-0.2, 0) is 17.8 Å². The number of hydrogen-bond donors (Lipinski definition) is 2. The first-order valence-corrected chi connectivity index (χ1v) is 10.8. The molecule has 170 valence electrons. The average molecular weight is 456 g/mol. The molecule has 2 N–H and O–H groups in total. The topological polar surface area (TPSA) is 75.8 Å². The molecule has 0 spiro atoms. The van der Waals surface area contributed by atoms with Crippen LogP contribution in [-0.4, -0.2) is 49.5 Å². The Kier molecular flexibility index (Phi) is 8.47. The lowest BCUT2D eigenvalue weighted by molar-refractivity contribution is 0.195. The van der Waals surface area contributed by atoms with Crippen LogP contribution >= 0.6 is 12.2 Å². The van der Waals surface area contributed by atoms with Crippen molar-refractivity contribution in [3.8, 4) is 11.5 Å². The van der Waals surface area contributed by atoms with E-state index in [2.05, 4.69) is 10.3 Å². The number of methoxy groups -OCH3 is 3. The standard InChI is InChI=1S/C24H29N3O4S/c1-29-11-7-10-25-24(32)27(15-17-8-5-4-6-9-17)16-19-12-18-13-21(30-2)22(31-3)14-20(18)26-23(19)28/h4-6,8-9,12-14H,7,10-11,15-16H2,1-3H3,(H,25,32)(H,26,28). The molecular formula is C24H29N3O4S. The highest BCUT2D eigenvalue weighted by molar-refractivity contribution is 7.80. The van der Waals surface area contributed by atoms with Crippen molar-refractivity contribution >= 4 is 28.2 Å². The Hall–Kier alpha value is -3.10. The van der Waals surface area contributed by atoms with Gasteiger partial charge in [-0.1, -0.05) is 30.3 Å². The van der Waals surface area contributed by atoms with Gasteiger partial charge in [-0.3, -0.25) is 4.79 Å². The molecule has 32 heavy (non-hydrogen) atoms. The summed E-state index contributed by atoms with van der Waals surface area (Å²) < 4.78 is 15.9. The van der Waals surface area contributed by atoms with Gasteiger partial charge < -0.3 is 29.4 Å². The first-order valence-electron chi connectivity index (χ1n) is 10.4. The van der Waals surface area contributed by atoms with Crippen molar-refractivity contribution in [1.29, 1.82) is 0 Å². The van der Waals surface area contributed by atoms with Gasteiger partial charge >= 0.3 is 0 Å². The maximum Gasteiger partial charge on any atom is 0.253 e. The quantitative estimate of drug-likeness (QED) is 0.358. The van der Waals surface area contributed by atoms with E-state index in [1.165, 1.54) is 0 Å². The summed E-state index contributed by atoms with van der Waals surface area (Å²) in [7, 11) is 4.83. The normalized spacial score (nSPS) is 10.7. The van der Waals surface area contributed by atoms with E-state index in [9.17, 15) is 4.79 Å². The van der Waals surface area contributed by atoms with E-state index in [1.54, 1.807) is 27.4 Å². The predicted octanol–water partition coefficient (Wildman–Crippen LogP) is 3.46. The number of aromatic amines is 1. The van der Waals surface area contributed by atoms with Crippen LogP contribution in [0.15, 0.2) is 53.3 Å². The van der Waals surface area contributed by atoms with E-state index in [1.807, 2.05) is 47.4 Å². The van der Waals surface area contributed by atoms with Crippen LogP contribution in [0.4, 0.5) is 0 Å². The summed E-state index contributed by atoms with van der Waals surface area (Å²) in [6.45, 7) is 2.30. The van der Waals surface area contributed by atoms with E-state index in [4.69, 9.17) is 26.4 Å². The lowest BCUT2D eigenvalue weighted by atomic mass is 10.1. The third-order valence-electron chi connectivity index (χ3n) is 5.09. The molecule has 0 aliphatic heterocycles. The number of fused-ring (bicyclic) bond motifs is 1. The largest absolute Gasteiger partial charge is 0.493 e. The number of nitrogens with one attached hydrogen (secondary N) is 2. The number of benzene rings is 2. The second-order valence-corrected chi connectivity index (χ2v) is 7.72. The molecule has 7 nitrogen and oxygen atoms in total. The molecule has 0 bridgehead atoms. The molecule has 3 aromatic rings. The minimum Gasteiger partial charge on any atom is -0.493 e. The summed E-state index contributed by atoms with van der Waals surface area (Å²) in [5.74, 6) is 1.17. The van der Waals surface area contributed by atoms with Gasteiger partial charge in [0.1, 0.15) is 0 Å². The minimum atomic E-state index is -0.162. The first kappa shape index (κ1) is 23.6. The second kappa shape index (κ2) is 11.5. The number of rotatable bonds is 10. The highest BCUT2D eigenvalue weighted by Gasteiger charge is 2.15. The van der Waals surface area contributed by atoms with Crippen molar-refractivity contribution < 1.29 is 14.2 Å². The first-order chi connectivity index (χ1) is 15.5. The van der Waals surface area contributed by atoms with Gasteiger partial charge in [0.05, 0.1) is 26.3 Å². The molecule has 3 rings (SSSR count). The van der Waals surface area contributed by atoms with Crippen LogP contribution in [0.3, 0.4) is 0 Å². The number of thiocarbonyl (C=S) groups is 1. The van der Waals surface area contributed by atoms with Crippen molar-refractivity contribution in [3.05, 3.63) is 70.0 Å². The molecule has 0 saturated heterocycles. The Morgan fingerprint density at radius 2 is 1.75 bits per heavy atom. The number of H-pyrrole nitrogens is 1. The van der Waals surface area contributed by atoms with Crippen LogP contribution in [0.25, 0.3) is 10.9 Å². The molecule has 1 aromatic heterocycles. The van der Waals surface area contributed by atoms with E-state index < -0.39 is 0 Å². The molecule has 0 atom stereocenters. The molecule has 0 unspecified atom stereocenters. The summed E-state index contributed by atoms with van der Waals surface area (Å²) in [4.78, 5) is 17.8. The molecular weight excluding hydrogens is 426 g/mol. The van der Waals surface area contributed by atoms with Gasteiger partial charge in [-0.15, -0.1) is 0 Å². The summed E-state index contributed by atoms with van der Waals surface area (Å²) in [6, 6.07) is 15.5. The third-order valence-corrected chi connectivity index (χ3v) is 5.49. The van der Waals surface area contributed by atoms with Crippen LogP contribution < -0.4 is 20.3 Å². The molecule has 2 aromatic carbocycles. The fourth-order valence-electron chi connectivity index (χ4n) is 3.43. The molecule has 8 heteroatoms. The van der Waals surface area contributed by atoms with Crippen molar-refractivity contribution in [2.75, 3.05) is 34.5 Å². The van der Waals surface area contributed by atoms with E-state index in [0.29, 0.717) is 53.9 Å². The lowest BCUT2D eigenvalue weighted by Crippen LogP contribution is -2.40. The summed E-state index contributed by atoms with van der Waals surface area (Å²) in [6.07, 6.45) is 0.841. The third kappa shape index (κ3) is 5.99. The van der Waals surface area contributed by atoms with Crippen molar-refractivity contribution in [2.24, 2.45) is 0 Å². The van der Waals surface area contributed by atoms with Crippen LogP contribution in [0, 0.1) is 0 Å². The van der Waals surface area contributed by atoms with Crippen LogP contribution in [0.5, 0.6) is 11.5 Å². The maximum atomic E-state index is 12.9. The number of aromatic nitrogens is 1. The predicted molar refractivity (Wildman–Crippen MR) is 130 cm³/mol. The Bertz CT molecular complexity index is 1100. The van der Waals surface area contributed by atoms with Gasteiger partial charge in [-0.05, 0) is 36.3 Å². The summed E-state index contributed by atoms with van der Waals surface area (Å²) in [5.41, 5.74) is 2.25. The second-order valence-electron chi connectivity index (χ2n) is 7.34. The molecule has 0 amide bonds. The van der Waals surface area contributed by atoms with E-state index in [-0.39, 0.29) is 5.56 Å². The lowest BCUT2D eigenvalue weighted by Gasteiger charge is -2.26. The molecule has 0 aliphatic carbocycles. The molecule has 0 radical (unpaired) electrons. The Morgan fingerprint density at radius 1 is 1.03 bits per heavy atom. The minimum absolute atomic E-state index is 0.162. The Morgan fingerprint density at radius 3 is 2.44 bits per heavy atom. The SMILES string of the molecule is COCCCNC(=S)N(Cc1ccccc1)Cc1cc2cc(OC)c(OC)cc2[nH]c1=O. The van der Waals surface area contributed by atoms with E-state index >= 15 is 0 Å². The average Bonchev–Trinajstić information content (AvgIpc) is 2.81. The maximum absolute atomic E-state index is 12.9. The highest BCUT2D eigenvalue weighted by atomic mass is 32.1. The molecule has 0 aliphatic rings. The molecule has 1 heterocycles. The summed E-state index contributed by atoms with van der Waals surface area (Å²) in [5, 5.41) is 4.73. The van der Waals surface area contributed by atoms with Crippen LogP contribution in [0.2, 0.25) is 0 Å². The summed E-state index contributed by atoms with van der Waals surface area (Å²) >= 11 is 5.66. The van der Waals surface area contributed by atoms with Gasteiger partial charge in [0.2, 0.25) is 0 Å². The van der Waals surface area contributed by atoms with Gasteiger partial charge in [-0.2, -0.15) is 0 Å². The Labute approximate surface area is 193 Å². The molecule has 0 fully saturated rings. The van der Waals surface area contributed by atoms with Gasteiger partial charge in [-0.25, -0.2) is 0 Å². The number of nitrogens with zero attached hydrogens (tertiary/aromatic N) is 1. The zero-order chi connectivity index (χ0) is 22.9. The molecule has 0 saturated carbocycles. The smallest absolute Gasteiger partial charge is 0.253 e. The van der Waals surface area contributed by atoms with Gasteiger partial charge in [0.15, 0.2) is 16.6 Å². The number of hydrogen-bond acceptors (Lipinski definition) is 5. The van der Waals surface area contributed by atoms with Gasteiger partial charge in [0, 0.05) is 43.8 Å². The van der Waals surface area contributed by atoms with E-state index in [0.717, 1.165) is 17.4 Å². The fourth-order valence-corrected chi connectivity index (χ4v) is 3.66. The monoisotopic (exact) mass is 455 g/mol. The zero-order valence-electron chi connectivity index (χ0n) is 18.6. The Balaban J connectivity index is 1.88. The fraction of sp³-hybridized carbons (Fsp3) is 0.333. The zero-order valence-corrected chi connectivity index (χ0v) is 19.5. The van der Waals surface area contributed by atoms with Crippen LogP contribution in [0.1, 0.15) is 17.5 Å².